The van der Waals surface area contributed by atoms with Crippen LogP contribution in [0, 0.1) is 23.5 Å². The van der Waals surface area contributed by atoms with Crippen LogP contribution in [-0.4, -0.2) is 95.8 Å². The van der Waals surface area contributed by atoms with Gasteiger partial charge in [0.15, 0.2) is 23.0 Å². The Bertz CT molecular complexity index is 2960. The molecule has 4 fully saturated rings. The molecule has 384 valence electrons. The number of piperidine rings is 2. The first-order chi connectivity index (χ1) is 35.2. The van der Waals surface area contributed by atoms with Gasteiger partial charge in [0, 0.05) is 79.1 Å². The number of urea groups is 1. The van der Waals surface area contributed by atoms with Crippen LogP contribution in [-0.2, 0) is 22.2 Å². The Hall–Kier alpha value is -6.52. The van der Waals surface area contributed by atoms with Gasteiger partial charge in [0.2, 0.25) is 17.7 Å². The number of primary amides is 1. The molecule has 5 aromatic rings. The summed E-state index contributed by atoms with van der Waals surface area (Å²) in [5, 5.41) is 11.2. The molecule has 14 nitrogen and oxygen atoms in total. The molecule has 0 unspecified atom stereocenters. The number of imide groups is 1. The monoisotopic (exact) mass is 1020 g/mol. The lowest BCUT2D eigenvalue weighted by molar-refractivity contribution is -0.138. The second-order valence-electron chi connectivity index (χ2n) is 20.5. The number of rotatable bonds is 13. The van der Waals surface area contributed by atoms with E-state index in [0.29, 0.717) is 29.8 Å². The number of ether oxygens (including phenoxy) is 2. The van der Waals surface area contributed by atoms with Crippen molar-refractivity contribution in [1.29, 1.82) is 0 Å². The van der Waals surface area contributed by atoms with Crippen molar-refractivity contribution in [2.45, 2.75) is 94.6 Å². The first kappa shape index (κ1) is 50.0. The van der Waals surface area contributed by atoms with Gasteiger partial charge in [0.1, 0.15) is 11.6 Å². The standard InChI is InChI=1S/C56H63ClF2N8O6/c1-33-47-45(32-42(58)50(57)49(47)48-41(52(60)69)15-16-44(72-3)51(48)59)73-56(33,38-7-5-4-6-8-38)23-24-61-39-12-9-36(10-13-39)54(70)66-28-18-34(19-29-66)17-25-65-26-20-35(21-27-65)37-11-14-40-43(31-37)64(2)63-53(40)67-30-22-46(68)62-55(67)71/h4-8,11,14-16,23-24,31-36,39,61H,9-10,12-13,17-22,25-30H2,1-3H3,(H2,60,69)(H,62,68,71)/b24-23-/t33-,36?,39?,56-/m0/s1. The fourth-order valence-corrected chi connectivity index (χ4v) is 12.4. The van der Waals surface area contributed by atoms with Gasteiger partial charge in [0.25, 0.3) is 0 Å². The third-order valence-corrected chi connectivity index (χ3v) is 16.8. The number of fused-ring (bicyclic) bond motifs is 2. The van der Waals surface area contributed by atoms with Crippen LogP contribution in [0.5, 0.6) is 11.5 Å². The number of aryl methyl sites for hydroxylation is 1. The van der Waals surface area contributed by atoms with Crippen molar-refractivity contribution in [3.05, 3.63) is 118 Å². The average molecular weight is 1020 g/mol. The van der Waals surface area contributed by atoms with E-state index in [9.17, 15) is 19.2 Å². The summed E-state index contributed by atoms with van der Waals surface area (Å²) in [6, 6.07) is 19.5. The number of carbonyl (C=O) groups is 4. The summed E-state index contributed by atoms with van der Waals surface area (Å²) < 4.78 is 45.8. The number of methoxy groups -OCH3 is 1. The fraction of sp³-hybridized carbons (Fsp3) is 0.446. The van der Waals surface area contributed by atoms with Gasteiger partial charge in [-0.3, -0.25) is 29.3 Å². The first-order valence-electron chi connectivity index (χ1n) is 25.7. The normalized spacial score (nSPS) is 23.2. The number of halogens is 3. The first-order valence-corrected chi connectivity index (χ1v) is 26.1. The predicted molar refractivity (Wildman–Crippen MR) is 276 cm³/mol. The van der Waals surface area contributed by atoms with Gasteiger partial charge in [-0.2, -0.15) is 5.10 Å². The number of aromatic nitrogens is 2. The average Bonchev–Trinajstić information content (AvgIpc) is 3.88. The third-order valence-electron chi connectivity index (χ3n) is 16.4. The van der Waals surface area contributed by atoms with Crippen molar-refractivity contribution in [1.82, 2.24) is 30.2 Å². The largest absolute Gasteiger partial charge is 0.494 e. The maximum atomic E-state index is 16.2. The smallest absolute Gasteiger partial charge is 0.329 e. The molecule has 1 saturated carbocycles. The molecule has 4 N–H and O–H groups in total. The molecular formula is C56H63ClF2N8O6. The van der Waals surface area contributed by atoms with Crippen LogP contribution in [0.3, 0.4) is 0 Å². The van der Waals surface area contributed by atoms with Crippen molar-refractivity contribution >= 4 is 52.1 Å². The molecule has 5 aliphatic rings. The zero-order valence-corrected chi connectivity index (χ0v) is 42.4. The summed E-state index contributed by atoms with van der Waals surface area (Å²) in [4.78, 5) is 57.0. The number of likely N-dealkylation sites (tertiary alicyclic amines) is 2. The Kier molecular flexibility index (Phi) is 14.2. The van der Waals surface area contributed by atoms with Gasteiger partial charge in [-0.05, 0) is 137 Å². The van der Waals surface area contributed by atoms with Crippen LogP contribution in [0.2, 0.25) is 5.02 Å². The molecule has 1 aliphatic carbocycles. The SMILES string of the molecule is COc1ccc(C(N)=O)c(-c2c(Cl)c(F)cc3c2[C@H](C)[C@@](/C=C\NC2CCC(C(=O)N4CCC(CCN5CCC(c6ccc7c(N8CCC(=O)NC8=O)nn(C)c7c6)CC5)CC4)CC2)(c2ccccc2)O3)c1F. The van der Waals surface area contributed by atoms with Crippen LogP contribution in [0.1, 0.15) is 110 Å². The number of hydrogen-bond acceptors (Lipinski definition) is 9. The van der Waals surface area contributed by atoms with Gasteiger partial charge in [-0.25, -0.2) is 13.6 Å². The van der Waals surface area contributed by atoms with Crippen LogP contribution < -0.4 is 30.7 Å². The molecule has 4 aliphatic heterocycles. The van der Waals surface area contributed by atoms with Crippen LogP contribution >= 0.6 is 11.6 Å². The highest BCUT2D eigenvalue weighted by Gasteiger charge is 2.49. The molecule has 0 spiro atoms. The van der Waals surface area contributed by atoms with E-state index >= 15 is 8.78 Å². The highest BCUT2D eigenvalue weighted by Crippen LogP contribution is 2.57. The topological polar surface area (TPSA) is 164 Å². The highest BCUT2D eigenvalue weighted by atomic mass is 35.5. The third kappa shape index (κ3) is 9.64. The van der Waals surface area contributed by atoms with Crippen molar-refractivity contribution < 1.29 is 37.4 Å². The number of carbonyl (C=O) groups excluding carboxylic acids is 4. The van der Waals surface area contributed by atoms with Crippen LogP contribution in [0.25, 0.3) is 22.0 Å². The van der Waals surface area contributed by atoms with Crippen molar-refractivity contribution in [3.63, 3.8) is 0 Å². The quantitative estimate of drug-likeness (QED) is 0.104. The number of benzene rings is 4. The summed E-state index contributed by atoms with van der Waals surface area (Å²) >= 11 is 6.68. The molecule has 4 aromatic carbocycles. The van der Waals surface area contributed by atoms with Gasteiger partial charge < -0.3 is 30.3 Å². The summed E-state index contributed by atoms with van der Waals surface area (Å²) in [5.41, 5.74) is 7.60. The minimum absolute atomic E-state index is 0.00708. The molecule has 0 bridgehead atoms. The lowest BCUT2D eigenvalue weighted by Gasteiger charge is -2.37. The van der Waals surface area contributed by atoms with Crippen molar-refractivity contribution in [3.8, 4) is 22.6 Å². The van der Waals surface area contributed by atoms with Gasteiger partial charge in [-0.1, -0.05) is 54.9 Å². The second-order valence-corrected chi connectivity index (χ2v) is 20.9. The summed E-state index contributed by atoms with van der Waals surface area (Å²) in [6.45, 7) is 7.00. The van der Waals surface area contributed by atoms with Crippen molar-refractivity contribution in [2.75, 3.05) is 51.3 Å². The Balaban J connectivity index is 0.706. The van der Waals surface area contributed by atoms with Gasteiger partial charge >= 0.3 is 6.03 Å². The number of anilines is 1. The number of hydrogen-bond donors (Lipinski definition) is 3. The predicted octanol–water partition coefficient (Wildman–Crippen LogP) is 9.29. The van der Waals surface area contributed by atoms with Gasteiger partial charge in [0.05, 0.1) is 23.2 Å². The molecule has 0 radical (unpaired) electrons. The van der Waals surface area contributed by atoms with E-state index in [4.69, 9.17) is 26.8 Å². The highest BCUT2D eigenvalue weighted by molar-refractivity contribution is 6.34. The van der Waals surface area contributed by atoms with E-state index in [1.165, 1.54) is 30.9 Å². The summed E-state index contributed by atoms with van der Waals surface area (Å²) in [5.74, 6) is -1.54. The Morgan fingerprint density at radius 2 is 1.68 bits per heavy atom. The molecule has 5 heterocycles. The van der Waals surface area contributed by atoms with Crippen LogP contribution in [0.15, 0.2) is 79.0 Å². The van der Waals surface area contributed by atoms with E-state index in [1.807, 2.05) is 61.3 Å². The van der Waals surface area contributed by atoms with E-state index in [1.54, 1.807) is 4.90 Å². The minimum Gasteiger partial charge on any atom is -0.494 e. The lowest BCUT2D eigenvalue weighted by atomic mass is 9.77. The zero-order chi connectivity index (χ0) is 51.1. The second kappa shape index (κ2) is 20.8. The number of nitrogens with two attached hydrogens (primary N) is 1. The maximum Gasteiger partial charge on any atom is 0.329 e. The van der Waals surface area contributed by atoms with Crippen LogP contribution in [0.4, 0.5) is 19.4 Å². The van der Waals surface area contributed by atoms with Crippen molar-refractivity contribution in [2.24, 2.45) is 24.6 Å². The molecule has 5 amide bonds. The van der Waals surface area contributed by atoms with E-state index in [0.717, 1.165) is 107 Å². The zero-order valence-electron chi connectivity index (χ0n) is 41.6. The number of amides is 5. The summed E-state index contributed by atoms with van der Waals surface area (Å²) in [6.07, 6.45) is 12.6. The molecule has 73 heavy (non-hydrogen) atoms. The molecule has 17 heteroatoms. The molecule has 1 aromatic heterocycles. The van der Waals surface area contributed by atoms with E-state index in [2.05, 4.69) is 43.7 Å². The Morgan fingerprint density at radius 1 is 0.945 bits per heavy atom. The van der Waals surface area contributed by atoms with Gasteiger partial charge in [-0.15, -0.1) is 0 Å². The molecular weight excluding hydrogens is 954 g/mol. The minimum atomic E-state index is -1.17. The Morgan fingerprint density at radius 3 is 2.38 bits per heavy atom. The summed E-state index contributed by atoms with van der Waals surface area (Å²) in [7, 11) is 3.20. The molecule has 3 saturated heterocycles. The number of nitrogens with zero attached hydrogens (tertiary/aromatic N) is 5. The molecule has 10 rings (SSSR count). The Labute approximate surface area is 429 Å². The maximum absolute atomic E-state index is 16.2. The van der Waals surface area contributed by atoms with E-state index in [-0.39, 0.29) is 63.4 Å². The number of nitrogens with one attached hydrogen (secondary N) is 2. The fourth-order valence-electron chi connectivity index (χ4n) is 12.2. The molecule has 2 atom stereocenters. The lowest BCUT2D eigenvalue weighted by Crippen LogP contribution is -2.49. The van der Waals surface area contributed by atoms with E-state index < -0.39 is 35.1 Å².